The first-order chi connectivity index (χ1) is 8.31. The molecule has 0 radical (unpaired) electrons. The van der Waals surface area contributed by atoms with Crippen LogP contribution in [0.4, 0.5) is 0 Å². The molecule has 0 aromatic carbocycles. The number of rotatable bonds is 4. The molecule has 3 fully saturated rings. The molecule has 3 rings (SSSR count). The van der Waals surface area contributed by atoms with Crippen molar-refractivity contribution < 1.29 is 14.3 Å². The zero-order valence-corrected chi connectivity index (χ0v) is 10.2. The molecular weight excluding hydrogens is 218 g/mol. The standard InChI is InChI=1S/C13H21NO3/c15-12(3-4-13-16-5-6-17-13)9-7-10-1-2-11(8-9)14-10/h9-11,13-14H,1-8H2. The largest absolute Gasteiger partial charge is 0.350 e. The Bertz CT molecular complexity index is 276. The Labute approximate surface area is 102 Å². The van der Waals surface area contributed by atoms with Crippen molar-refractivity contribution in [1.29, 1.82) is 0 Å². The maximum Gasteiger partial charge on any atom is 0.158 e. The van der Waals surface area contributed by atoms with Gasteiger partial charge in [0.15, 0.2) is 6.29 Å². The highest BCUT2D eigenvalue weighted by Crippen LogP contribution is 2.32. The minimum atomic E-state index is -0.127. The van der Waals surface area contributed by atoms with Gasteiger partial charge in [0.2, 0.25) is 0 Å². The predicted molar refractivity (Wildman–Crippen MR) is 62.6 cm³/mol. The van der Waals surface area contributed by atoms with Gasteiger partial charge in [-0.1, -0.05) is 0 Å². The Hall–Kier alpha value is -0.450. The summed E-state index contributed by atoms with van der Waals surface area (Å²) < 4.78 is 10.7. The summed E-state index contributed by atoms with van der Waals surface area (Å²) in [6.45, 7) is 1.35. The molecule has 0 aromatic rings. The second-order valence-electron chi connectivity index (χ2n) is 5.48. The van der Waals surface area contributed by atoms with Gasteiger partial charge in [-0.3, -0.25) is 4.79 Å². The molecule has 2 bridgehead atoms. The van der Waals surface area contributed by atoms with Crippen LogP contribution in [0.3, 0.4) is 0 Å². The second-order valence-corrected chi connectivity index (χ2v) is 5.48. The predicted octanol–water partition coefficient (Wildman–Crippen LogP) is 1.24. The first-order valence-electron chi connectivity index (χ1n) is 6.83. The number of ketones is 1. The first kappa shape index (κ1) is 11.6. The van der Waals surface area contributed by atoms with E-state index >= 15 is 0 Å². The van der Waals surface area contributed by atoms with Gasteiger partial charge in [0.1, 0.15) is 5.78 Å². The SMILES string of the molecule is O=C(CCC1OCCO1)C1CC2CCC(C1)N2. The lowest BCUT2D eigenvalue weighted by Gasteiger charge is -2.28. The Balaban J connectivity index is 1.45. The van der Waals surface area contributed by atoms with Crippen LogP contribution in [-0.2, 0) is 14.3 Å². The number of hydrogen-bond donors (Lipinski definition) is 1. The minimum absolute atomic E-state index is 0.127. The van der Waals surface area contributed by atoms with E-state index in [1.165, 1.54) is 12.8 Å². The Morgan fingerprint density at radius 2 is 1.76 bits per heavy atom. The van der Waals surface area contributed by atoms with Crippen LogP contribution in [0.15, 0.2) is 0 Å². The minimum Gasteiger partial charge on any atom is -0.350 e. The molecular formula is C13H21NO3. The lowest BCUT2D eigenvalue weighted by atomic mass is 9.87. The molecule has 3 saturated heterocycles. The van der Waals surface area contributed by atoms with Crippen molar-refractivity contribution in [3.8, 4) is 0 Å². The van der Waals surface area contributed by atoms with Gasteiger partial charge in [-0.05, 0) is 25.7 Å². The molecule has 1 N–H and O–H groups in total. The second kappa shape index (κ2) is 5.04. The number of piperidine rings is 1. The third-order valence-corrected chi connectivity index (χ3v) is 4.25. The van der Waals surface area contributed by atoms with E-state index < -0.39 is 0 Å². The van der Waals surface area contributed by atoms with E-state index in [0.717, 1.165) is 19.3 Å². The van der Waals surface area contributed by atoms with Crippen LogP contribution in [0.1, 0.15) is 38.5 Å². The van der Waals surface area contributed by atoms with Gasteiger partial charge in [0, 0.05) is 30.8 Å². The number of hydrogen-bond acceptors (Lipinski definition) is 4. The molecule has 17 heavy (non-hydrogen) atoms. The van der Waals surface area contributed by atoms with Crippen molar-refractivity contribution in [3.63, 3.8) is 0 Å². The summed E-state index contributed by atoms with van der Waals surface area (Å²) in [7, 11) is 0. The summed E-state index contributed by atoms with van der Waals surface area (Å²) >= 11 is 0. The molecule has 96 valence electrons. The van der Waals surface area contributed by atoms with E-state index in [0.29, 0.717) is 37.5 Å². The third-order valence-electron chi connectivity index (χ3n) is 4.25. The normalized spacial score (nSPS) is 37.5. The fourth-order valence-corrected chi connectivity index (χ4v) is 3.36. The van der Waals surface area contributed by atoms with Gasteiger partial charge in [0.05, 0.1) is 13.2 Å². The van der Waals surface area contributed by atoms with Crippen LogP contribution in [0, 0.1) is 5.92 Å². The molecule has 0 amide bonds. The monoisotopic (exact) mass is 239 g/mol. The molecule has 4 heteroatoms. The van der Waals surface area contributed by atoms with E-state index in [9.17, 15) is 4.79 Å². The van der Waals surface area contributed by atoms with E-state index in [-0.39, 0.29) is 12.2 Å². The number of fused-ring (bicyclic) bond motifs is 2. The summed E-state index contributed by atoms with van der Waals surface area (Å²) in [6.07, 6.45) is 5.82. The lowest BCUT2D eigenvalue weighted by Crippen LogP contribution is -2.40. The number of carbonyl (C=O) groups excluding carboxylic acids is 1. The lowest BCUT2D eigenvalue weighted by molar-refractivity contribution is -0.126. The van der Waals surface area contributed by atoms with Gasteiger partial charge in [-0.2, -0.15) is 0 Å². The van der Waals surface area contributed by atoms with Crippen molar-refractivity contribution in [2.45, 2.75) is 56.9 Å². The smallest absolute Gasteiger partial charge is 0.158 e. The van der Waals surface area contributed by atoms with Crippen LogP contribution in [0.5, 0.6) is 0 Å². The van der Waals surface area contributed by atoms with Gasteiger partial charge in [-0.25, -0.2) is 0 Å². The highest BCUT2D eigenvalue weighted by atomic mass is 16.7. The third kappa shape index (κ3) is 2.69. The van der Waals surface area contributed by atoms with Gasteiger partial charge in [0.25, 0.3) is 0 Å². The van der Waals surface area contributed by atoms with E-state index in [4.69, 9.17) is 9.47 Å². The summed E-state index contributed by atoms with van der Waals surface area (Å²) in [5.41, 5.74) is 0. The average molecular weight is 239 g/mol. The van der Waals surface area contributed by atoms with Crippen LogP contribution >= 0.6 is 0 Å². The molecule has 3 heterocycles. The molecule has 0 aromatic heterocycles. The molecule has 2 unspecified atom stereocenters. The summed E-state index contributed by atoms with van der Waals surface area (Å²) in [5, 5.41) is 3.57. The molecule has 4 nitrogen and oxygen atoms in total. The summed E-state index contributed by atoms with van der Waals surface area (Å²) in [4.78, 5) is 12.1. The number of Topliss-reactive ketones (excluding diaryl/α,β-unsaturated/α-hetero) is 1. The van der Waals surface area contributed by atoms with Crippen molar-refractivity contribution >= 4 is 5.78 Å². The maximum absolute atomic E-state index is 12.1. The van der Waals surface area contributed by atoms with Crippen LogP contribution in [0.2, 0.25) is 0 Å². The zero-order chi connectivity index (χ0) is 11.7. The van der Waals surface area contributed by atoms with Crippen LogP contribution in [-0.4, -0.2) is 37.4 Å². The van der Waals surface area contributed by atoms with E-state index in [2.05, 4.69) is 5.32 Å². The topological polar surface area (TPSA) is 47.6 Å². The Morgan fingerprint density at radius 3 is 2.41 bits per heavy atom. The van der Waals surface area contributed by atoms with Crippen molar-refractivity contribution in [3.05, 3.63) is 0 Å². The first-order valence-corrected chi connectivity index (χ1v) is 6.83. The fourth-order valence-electron chi connectivity index (χ4n) is 3.36. The summed E-state index contributed by atoms with van der Waals surface area (Å²) in [6, 6.07) is 1.20. The van der Waals surface area contributed by atoms with Crippen molar-refractivity contribution in [1.82, 2.24) is 5.32 Å². The summed E-state index contributed by atoms with van der Waals surface area (Å²) in [5.74, 6) is 0.706. The van der Waals surface area contributed by atoms with Crippen molar-refractivity contribution in [2.24, 2.45) is 5.92 Å². The zero-order valence-electron chi connectivity index (χ0n) is 10.2. The van der Waals surface area contributed by atoms with E-state index in [1.54, 1.807) is 0 Å². The Kier molecular flexibility index (Phi) is 3.45. The molecule has 3 aliphatic heterocycles. The average Bonchev–Trinajstić information content (AvgIpc) is 2.96. The molecule has 0 saturated carbocycles. The quantitative estimate of drug-likeness (QED) is 0.802. The van der Waals surface area contributed by atoms with E-state index in [1.807, 2.05) is 0 Å². The molecule has 3 aliphatic rings. The van der Waals surface area contributed by atoms with Gasteiger partial charge in [-0.15, -0.1) is 0 Å². The molecule has 2 atom stereocenters. The highest BCUT2D eigenvalue weighted by molar-refractivity contribution is 5.81. The molecule has 0 aliphatic carbocycles. The van der Waals surface area contributed by atoms with Crippen molar-refractivity contribution in [2.75, 3.05) is 13.2 Å². The maximum atomic E-state index is 12.1. The number of carbonyl (C=O) groups is 1. The molecule has 0 spiro atoms. The van der Waals surface area contributed by atoms with Crippen LogP contribution in [0.25, 0.3) is 0 Å². The van der Waals surface area contributed by atoms with Crippen LogP contribution < -0.4 is 5.32 Å². The highest BCUT2D eigenvalue weighted by Gasteiger charge is 2.36. The van der Waals surface area contributed by atoms with Gasteiger partial charge >= 0.3 is 0 Å². The Morgan fingerprint density at radius 1 is 1.12 bits per heavy atom. The number of nitrogens with one attached hydrogen (secondary N) is 1. The fraction of sp³-hybridized carbons (Fsp3) is 0.923. The number of ether oxygens (including phenoxy) is 2. The van der Waals surface area contributed by atoms with Gasteiger partial charge < -0.3 is 14.8 Å².